The van der Waals surface area contributed by atoms with Crippen molar-refractivity contribution in [1.29, 1.82) is 0 Å². The number of nitrogens with zero attached hydrogens (tertiary/aromatic N) is 3. The van der Waals surface area contributed by atoms with Gasteiger partial charge in [0.25, 0.3) is 5.95 Å². The number of rotatable bonds is 7. The van der Waals surface area contributed by atoms with Gasteiger partial charge in [0, 0.05) is 19.1 Å². The molecular weight excluding hydrogens is 240 g/mol. The molecule has 1 aromatic heterocycles. The highest BCUT2D eigenvalue weighted by Crippen LogP contribution is 2.23. The summed E-state index contributed by atoms with van der Waals surface area (Å²) in [6.07, 6.45) is 4.68. The first-order chi connectivity index (χ1) is 9.26. The van der Waals surface area contributed by atoms with E-state index in [0.717, 1.165) is 44.3 Å². The van der Waals surface area contributed by atoms with Crippen LogP contribution in [0.25, 0.3) is 0 Å². The van der Waals surface area contributed by atoms with Gasteiger partial charge in [-0.1, -0.05) is 20.8 Å². The molecule has 19 heavy (non-hydrogen) atoms. The van der Waals surface area contributed by atoms with Crippen molar-refractivity contribution in [3.05, 3.63) is 5.89 Å². The molecule has 5 heteroatoms. The summed E-state index contributed by atoms with van der Waals surface area (Å²) in [4.78, 5) is 6.79. The Balaban J connectivity index is 1.99. The van der Waals surface area contributed by atoms with Gasteiger partial charge in [0.2, 0.25) is 5.89 Å². The predicted octanol–water partition coefficient (Wildman–Crippen LogP) is 2.55. The van der Waals surface area contributed by atoms with E-state index in [1.165, 1.54) is 12.8 Å². The van der Waals surface area contributed by atoms with Gasteiger partial charge in [0.05, 0.1) is 5.92 Å². The summed E-state index contributed by atoms with van der Waals surface area (Å²) in [6, 6.07) is 0.409. The molecule has 1 aromatic rings. The second-order valence-corrected chi connectivity index (χ2v) is 5.38. The summed E-state index contributed by atoms with van der Waals surface area (Å²) in [7, 11) is 0. The Morgan fingerprint density at radius 3 is 2.68 bits per heavy atom. The number of hydrogen-bond donors (Lipinski definition) is 1. The molecule has 1 N–H and O–H groups in total. The largest absolute Gasteiger partial charge is 0.338 e. The van der Waals surface area contributed by atoms with Gasteiger partial charge in [-0.2, -0.15) is 4.98 Å². The van der Waals surface area contributed by atoms with Crippen molar-refractivity contribution in [2.24, 2.45) is 0 Å². The molecule has 0 radical (unpaired) electrons. The summed E-state index contributed by atoms with van der Waals surface area (Å²) in [5, 5.41) is 7.68. The second kappa shape index (κ2) is 6.89. The summed E-state index contributed by atoms with van der Waals surface area (Å²) in [5.41, 5.74) is 0. The van der Waals surface area contributed by atoms with E-state index in [1.807, 2.05) is 0 Å². The quantitative estimate of drug-likeness (QED) is 0.822. The molecule has 1 saturated heterocycles. The summed E-state index contributed by atoms with van der Waals surface area (Å²) >= 11 is 0. The monoisotopic (exact) mass is 266 g/mol. The number of aromatic nitrogens is 2. The lowest BCUT2D eigenvalue weighted by molar-refractivity contribution is 0.319. The zero-order chi connectivity index (χ0) is 13.7. The lowest BCUT2D eigenvalue weighted by Crippen LogP contribution is -2.34. The van der Waals surface area contributed by atoms with Crippen LogP contribution in [0.5, 0.6) is 0 Å². The van der Waals surface area contributed by atoms with Crippen molar-refractivity contribution in [2.75, 3.05) is 24.5 Å². The van der Waals surface area contributed by atoms with E-state index in [-0.39, 0.29) is 5.92 Å². The molecule has 1 fully saturated rings. The van der Waals surface area contributed by atoms with E-state index in [4.69, 9.17) is 4.52 Å². The van der Waals surface area contributed by atoms with Gasteiger partial charge in [-0.3, -0.25) is 0 Å². The molecule has 0 amide bonds. The van der Waals surface area contributed by atoms with E-state index in [2.05, 4.69) is 41.1 Å². The smallest absolute Gasteiger partial charge is 0.266 e. The fourth-order valence-electron chi connectivity index (χ4n) is 2.63. The van der Waals surface area contributed by atoms with Crippen LogP contribution in [0.4, 0.5) is 5.95 Å². The number of anilines is 1. The lowest BCUT2D eigenvalue weighted by atomic mass is 9.99. The fraction of sp³-hybridized carbons (Fsp3) is 0.857. The van der Waals surface area contributed by atoms with Gasteiger partial charge in [0.1, 0.15) is 0 Å². The van der Waals surface area contributed by atoms with Gasteiger partial charge in [-0.15, -0.1) is 0 Å². The maximum absolute atomic E-state index is 5.46. The van der Waals surface area contributed by atoms with Crippen molar-refractivity contribution in [1.82, 2.24) is 15.5 Å². The average molecular weight is 266 g/mol. The van der Waals surface area contributed by atoms with Crippen molar-refractivity contribution >= 4 is 5.95 Å². The van der Waals surface area contributed by atoms with Crippen LogP contribution in [0.2, 0.25) is 0 Å². The molecule has 108 valence electrons. The van der Waals surface area contributed by atoms with Crippen LogP contribution in [-0.4, -0.2) is 35.8 Å². The van der Waals surface area contributed by atoms with E-state index in [9.17, 15) is 0 Å². The molecule has 2 atom stereocenters. The molecule has 5 nitrogen and oxygen atoms in total. The Kier molecular flexibility index (Phi) is 5.19. The molecule has 0 bridgehead atoms. The molecule has 2 rings (SSSR count). The third-order valence-electron chi connectivity index (χ3n) is 3.91. The van der Waals surface area contributed by atoms with Crippen molar-refractivity contribution in [3.63, 3.8) is 0 Å². The first-order valence-electron chi connectivity index (χ1n) is 7.58. The van der Waals surface area contributed by atoms with Crippen molar-refractivity contribution in [3.8, 4) is 0 Å². The molecule has 0 aliphatic carbocycles. The van der Waals surface area contributed by atoms with Crippen LogP contribution in [0.1, 0.15) is 58.3 Å². The molecular formula is C14H26N4O. The standard InChI is InChI=1S/C14H26N4O/c1-4-8-15-12(5-2)11(3)13-16-14(17-19-13)18-9-6-7-10-18/h11-12,15H,4-10H2,1-3H3. The fourth-order valence-corrected chi connectivity index (χ4v) is 2.63. The number of nitrogens with one attached hydrogen (secondary N) is 1. The van der Waals surface area contributed by atoms with Crippen LogP contribution in [0.3, 0.4) is 0 Å². The highest BCUT2D eigenvalue weighted by molar-refractivity contribution is 5.29. The minimum absolute atomic E-state index is 0.264. The van der Waals surface area contributed by atoms with Crippen LogP contribution < -0.4 is 10.2 Å². The second-order valence-electron chi connectivity index (χ2n) is 5.38. The predicted molar refractivity (Wildman–Crippen MR) is 76.5 cm³/mol. The molecule has 0 aromatic carbocycles. The molecule has 2 heterocycles. The Bertz CT molecular complexity index is 373. The maximum atomic E-state index is 5.46. The summed E-state index contributed by atoms with van der Waals surface area (Å²) in [5.74, 6) is 1.79. The highest BCUT2D eigenvalue weighted by atomic mass is 16.5. The molecule has 0 spiro atoms. The Hall–Kier alpha value is -1.10. The number of hydrogen-bond acceptors (Lipinski definition) is 5. The normalized spacial score (nSPS) is 18.8. The molecule has 1 aliphatic rings. The minimum Gasteiger partial charge on any atom is -0.338 e. The van der Waals surface area contributed by atoms with Gasteiger partial charge in [-0.05, 0) is 37.4 Å². The van der Waals surface area contributed by atoms with Crippen molar-refractivity contribution < 1.29 is 4.52 Å². The van der Waals surface area contributed by atoms with Gasteiger partial charge < -0.3 is 14.7 Å². The van der Waals surface area contributed by atoms with E-state index in [1.54, 1.807) is 0 Å². The van der Waals surface area contributed by atoms with Crippen LogP contribution in [0.15, 0.2) is 4.52 Å². The van der Waals surface area contributed by atoms with Crippen LogP contribution >= 0.6 is 0 Å². The maximum Gasteiger partial charge on any atom is 0.266 e. The summed E-state index contributed by atoms with van der Waals surface area (Å²) < 4.78 is 5.46. The topological polar surface area (TPSA) is 54.2 Å². The van der Waals surface area contributed by atoms with Gasteiger partial charge in [-0.25, -0.2) is 0 Å². The zero-order valence-corrected chi connectivity index (χ0v) is 12.4. The molecule has 1 aliphatic heterocycles. The third kappa shape index (κ3) is 3.47. The minimum atomic E-state index is 0.264. The zero-order valence-electron chi connectivity index (χ0n) is 12.4. The third-order valence-corrected chi connectivity index (χ3v) is 3.91. The SMILES string of the molecule is CCCNC(CC)C(C)c1nc(N2CCCC2)no1. The Morgan fingerprint density at radius 2 is 2.05 bits per heavy atom. The van der Waals surface area contributed by atoms with Crippen molar-refractivity contribution in [2.45, 2.75) is 58.4 Å². The van der Waals surface area contributed by atoms with E-state index < -0.39 is 0 Å². The Morgan fingerprint density at radius 1 is 1.32 bits per heavy atom. The lowest BCUT2D eigenvalue weighted by Gasteiger charge is -2.20. The summed E-state index contributed by atoms with van der Waals surface area (Å²) in [6.45, 7) is 9.69. The van der Waals surface area contributed by atoms with Gasteiger partial charge >= 0.3 is 0 Å². The van der Waals surface area contributed by atoms with Crippen LogP contribution in [0, 0.1) is 0 Å². The van der Waals surface area contributed by atoms with E-state index in [0.29, 0.717) is 6.04 Å². The molecule has 0 saturated carbocycles. The average Bonchev–Trinajstić information content (AvgIpc) is 3.10. The Labute approximate surface area is 115 Å². The highest BCUT2D eigenvalue weighted by Gasteiger charge is 2.24. The first-order valence-corrected chi connectivity index (χ1v) is 7.58. The first kappa shape index (κ1) is 14.3. The van der Waals surface area contributed by atoms with Gasteiger partial charge in [0.15, 0.2) is 0 Å². The molecule has 2 unspecified atom stereocenters. The van der Waals surface area contributed by atoms with E-state index >= 15 is 0 Å². The van der Waals surface area contributed by atoms with Crippen LogP contribution in [-0.2, 0) is 0 Å².